The Labute approximate surface area is 124 Å². The molecular formula is C14H26F3N3O. The van der Waals surface area contributed by atoms with Crippen molar-refractivity contribution in [1.82, 2.24) is 15.1 Å². The first kappa shape index (κ1) is 17.0. The number of rotatable bonds is 6. The molecule has 124 valence electrons. The van der Waals surface area contributed by atoms with Gasteiger partial charge in [-0.05, 0) is 19.8 Å². The first-order chi connectivity index (χ1) is 9.94. The summed E-state index contributed by atoms with van der Waals surface area (Å²) in [5, 5.41) is 3.41. The number of piperazine rings is 1. The SMILES string of the molecule is CC(CNCC1CCCO1)N1CCN(CC(F)(F)F)CC1. The summed E-state index contributed by atoms with van der Waals surface area (Å²) in [4.78, 5) is 3.75. The summed E-state index contributed by atoms with van der Waals surface area (Å²) in [6, 6.07) is 0.347. The minimum atomic E-state index is -4.09. The van der Waals surface area contributed by atoms with Crippen LogP contribution in [0.4, 0.5) is 13.2 Å². The molecule has 0 saturated carbocycles. The van der Waals surface area contributed by atoms with Crippen LogP contribution < -0.4 is 5.32 Å². The number of alkyl halides is 3. The highest BCUT2D eigenvalue weighted by molar-refractivity contribution is 4.79. The summed E-state index contributed by atoms with van der Waals surface area (Å²) in [5.41, 5.74) is 0. The molecule has 2 rings (SSSR count). The molecule has 2 unspecified atom stereocenters. The van der Waals surface area contributed by atoms with Crippen molar-refractivity contribution in [3.05, 3.63) is 0 Å². The summed E-state index contributed by atoms with van der Waals surface area (Å²) < 4.78 is 42.6. The second kappa shape index (κ2) is 7.76. The summed E-state index contributed by atoms with van der Waals surface area (Å²) in [5.74, 6) is 0. The lowest BCUT2D eigenvalue weighted by Gasteiger charge is -2.38. The van der Waals surface area contributed by atoms with E-state index in [1.165, 1.54) is 4.90 Å². The van der Waals surface area contributed by atoms with Gasteiger partial charge in [0.2, 0.25) is 0 Å². The zero-order chi connectivity index (χ0) is 15.3. The molecule has 2 atom stereocenters. The van der Waals surface area contributed by atoms with E-state index in [1.54, 1.807) is 0 Å². The molecule has 0 aromatic heterocycles. The molecule has 2 saturated heterocycles. The van der Waals surface area contributed by atoms with E-state index in [0.29, 0.717) is 38.3 Å². The van der Waals surface area contributed by atoms with Gasteiger partial charge in [-0.2, -0.15) is 13.2 Å². The summed E-state index contributed by atoms with van der Waals surface area (Å²) in [6.07, 6.45) is -1.49. The van der Waals surface area contributed by atoms with Gasteiger partial charge in [-0.1, -0.05) is 0 Å². The van der Waals surface area contributed by atoms with Gasteiger partial charge < -0.3 is 10.1 Å². The standard InChI is InChI=1S/C14H26F3N3O/c1-12(9-18-10-13-3-2-8-21-13)20-6-4-19(5-7-20)11-14(15,16)17/h12-13,18H,2-11H2,1H3. The van der Waals surface area contributed by atoms with Crippen LogP contribution in [-0.4, -0.2) is 80.5 Å². The molecule has 0 aliphatic carbocycles. The maximum Gasteiger partial charge on any atom is 0.401 e. The fraction of sp³-hybridized carbons (Fsp3) is 1.00. The first-order valence-corrected chi connectivity index (χ1v) is 7.79. The van der Waals surface area contributed by atoms with Crippen molar-refractivity contribution in [1.29, 1.82) is 0 Å². The van der Waals surface area contributed by atoms with E-state index in [9.17, 15) is 13.2 Å². The monoisotopic (exact) mass is 309 g/mol. The fourth-order valence-corrected chi connectivity index (χ4v) is 3.00. The quantitative estimate of drug-likeness (QED) is 0.801. The zero-order valence-electron chi connectivity index (χ0n) is 12.7. The molecule has 0 bridgehead atoms. The second-order valence-electron chi connectivity index (χ2n) is 6.07. The third-order valence-electron chi connectivity index (χ3n) is 4.27. The highest BCUT2D eigenvalue weighted by atomic mass is 19.4. The van der Waals surface area contributed by atoms with Crippen LogP contribution in [0.3, 0.4) is 0 Å². The highest BCUT2D eigenvalue weighted by Gasteiger charge is 2.32. The largest absolute Gasteiger partial charge is 0.401 e. The van der Waals surface area contributed by atoms with E-state index in [0.717, 1.165) is 32.5 Å². The van der Waals surface area contributed by atoms with E-state index in [2.05, 4.69) is 17.1 Å². The van der Waals surface area contributed by atoms with E-state index in [4.69, 9.17) is 4.74 Å². The van der Waals surface area contributed by atoms with Gasteiger partial charge in [-0.3, -0.25) is 9.80 Å². The Bertz CT molecular complexity index is 300. The zero-order valence-corrected chi connectivity index (χ0v) is 12.7. The molecule has 2 aliphatic rings. The Balaban J connectivity index is 1.60. The number of nitrogens with zero attached hydrogens (tertiary/aromatic N) is 2. The summed E-state index contributed by atoms with van der Waals surface area (Å²) in [6.45, 7) is 6.35. The highest BCUT2D eigenvalue weighted by Crippen LogP contribution is 2.18. The van der Waals surface area contributed by atoms with E-state index < -0.39 is 12.7 Å². The van der Waals surface area contributed by atoms with Gasteiger partial charge in [-0.15, -0.1) is 0 Å². The van der Waals surface area contributed by atoms with Gasteiger partial charge in [0.25, 0.3) is 0 Å². The van der Waals surface area contributed by atoms with Crippen LogP contribution in [0.5, 0.6) is 0 Å². The lowest BCUT2D eigenvalue weighted by molar-refractivity contribution is -0.149. The molecular weight excluding hydrogens is 283 g/mol. The Morgan fingerprint density at radius 1 is 1.24 bits per heavy atom. The molecule has 2 heterocycles. The van der Waals surface area contributed by atoms with Crippen molar-refractivity contribution in [2.75, 3.05) is 52.4 Å². The molecule has 4 nitrogen and oxygen atoms in total. The molecule has 2 fully saturated rings. The van der Waals surface area contributed by atoms with Crippen molar-refractivity contribution >= 4 is 0 Å². The van der Waals surface area contributed by atoms with Crippen molar-refractivity contribution in [2.24, 2.45) is 0 Å². The van der Waals surface area contributed by atoms with E-state index in [1.807, 2.05) is 0 Å². The van der Waals surface area contributed by atoms with Crippen LogP contribution in [0.25, 0.3) is 0 Å². The van der Waals surface area contributed by atoms with Crippen LogP contribution in [-0.2, 0) is 4.74 Å². The molecule has 7 heteroatoms. The Hall–Kier alpha value is -0.370. The van der Waals surface area contributed by atoms with Gasteiger partial charge in [-0.25, -0.2) is 0 Å². The second-order valence-corrected chi connectivity index (χ2v) is 6.07. The normalized spacial score (nSPS) is 27.1. The van der Waals surface area contributed by atoms with Gasteiger partial charge in [0, 0.05) is 51.9 Å². The maximum absolute atomic E-state index is 12.3. The third kappa shape index (κ3) is 6.10. The van der Waals surface area contributed by atoms with Crippen LogP contribution in [0.15, 0.2) is 0 Å². The van der Waals surface area contributed by atoms with Gasteiger partial charge in [0.1, 0.15) is 0 Å². The lowest BCUT2D eigenvalue weighted by atomic mass is 10.2. The predicted octanol–water partition coefficient (Wildman–Crippen LogP) is 1.32. The predicted molar refractivity (Wildman–Crippen MR) is 75.4 cm³/mol. The minimum Gasteiger partial charge on any atom is -0.377 e. The number of halogens is 3. The molecule has 0 spiro atoms. The average molecular weight is 309 g/mol. The molecule has 0 radical (unpaired) electrons. The molecule has 2 aliphatic heterocycles. The first-order valence-electron chi connectivity index (χ1n) is 7.79. The molecule has 0 amide bonds. The lowest BCUT2D eigenvalue weighted by Crippen LogP contribution is -2.53. The van der Waals surface area contributed by atoms with E-state index in [-0.39, 0.29) is 0 Å². The Kier molecular flexibility index (Phi) is 6.28. The number of hydrogen-bond acceptors (Lipinski definition) is 4. The number of hydrogen-bond donors (Lipinski definition) is 1. The van der Waals surface area contributed by atoms with Gasteiger partial charge >= 0.3 is 6.18 Å². The van der Waals surface area contributed by atoms with Gasteiger partial charge in [0.15, 0.2) is 0 Å². The minimum absolute atomic E-state index is 0.334. The average Bonchev–Trinajstić information content (AvgIpc) is 2.91. The molecule has 1 N–H and O–H groups in total. The maximum atomic E-state index is 12.3. The fourth-order valence-electron chi connectivity index (χ4n) is 3.00. The van der Waals surface area contributed by atoms with Crippen LogP contribution in [0.2, 0.25) is 0 Å². The summed E-state index contributed by atoms with van der Waals surface area (Å²) >= 11 is 0. The third-order valence-corrected chi connectivity index (χ3v) is 4.27. The number of ether oxygens (including phenoxy) is 1. The van der Waals surface area contributed by atoms with Crippen molar-refractivity contribution < 1.29 is 17.9 Å². The van der Waals surface area contributed by atoms with Crippen molar-refractivity contribution in [3.8, 4) is 0 Å². The topological polar surface area (TPSA) is 27.7 Å². The smallest absolute Gasteiger partial charge is 0.377 e. The molecule has 21 heavy (non-hydrogen) atoms. The van der Waals surface area contributed by atoms with Gasteiger partial charge in [0.05, 0.1) is 12.6 Å². The molecule has 0 aromatic carbocycles. The number of nitrogens with one attached hydrogen (secondary N) is 1. The van der Waals surface area contributed by atoms with Crippen LogP contribution in [0.1, 0.15) is 19.8 Å². The Morgan fingerprint density at radius 2 is 1.95 bits per heavy atom. The van der Waals surface area contributed by atoms with Crippen molar-refractivity contribution in [3.63, 3.8) is 0 Å². The Morgan fingerprint density at radius 3 is 2.52 bits per heavy atom. The van der Waals surface area contributed by atoms with Crippen molar-refractivity contribution in [2.45, 2.75) is 38.1 Å². The summed E-state index contributed by atoms with van der Waals surface area (Å²) in [7, 11) is 0. The van der Waals surface area contributed by atoms with Crippen LogP contribution >= 0.6 is 0 Å². The molecule has 0 aromatic rings. The van der Waals surface area contributed by atoms with E-state index >= 15 is 0 Å². The van der Waals surface area contributed by atoms with Crippen LogP contribution in [0, 0.1) is 0 Å².